The van der Waals surface area contributed by atoms with Crippen molar-refractivity contribution < 1.29 is 31.9 Å². The van der Waals surface area contributed by atoms with Gasteiger partial charge in [-0.1, -0.05) is 11.6 Å². The molecule has 0 fully saturated rings. The largest absolute Gasteiger partial charge is 0.465 e. The van der Waals surface area contributed by atoms with Crippen molar-refractivity contribution in [2.75, 3.05) is 11.9 Å². The van der Waals surface area contributed by atoms with E-state index < -0.39 is 30.2 Å². The molecule has 25 heavy (non-hydrogen) atoms. The van der Waals surface area contributed by atoms with Crippen LogP contribution in [0.4, 0.5) is 18.9 Å². The third-order valence-electron chi connectivity index (χ3n) is 2.84. The van der Waals surface area contributed by atoms with Crippen molar-refractivity contribution in [3.63, 3.8) is 0 Å². The van der Waals surface area contributed by atoms with E-state index in [2.05, 4.69) is 10.1 Å². The molecule has 0 saturated heterocycles. The summed E-state index contributed by atoms with van der Waals surface area (Å²) >= 11 is 5.75. The number of rotatable bonds is 5. The summed E-state index contributed by atoms with van der Waals surface area (Å²) in [5, 5.41) is 2.08. The van der Waals surface area contributed by atoms with Gasteiger partial charge < -0.3 is 14.5 Å². The first-order valence-electron chi connectivity index (χ1n) is 6.80. The number of nitrogens with one attached hydrogen (secondary N) is 1. The lowest BCUT2D eigenvalue weighted by Crippen LogP contribution is -2.20. The predicted octanol–water partition coefficient (Wildman–Crippen LogP) is 4.15. The van der Waals surface area contributed by atoms with Crippen LogP contribution in [-0.2, 0) is 20.5 Å². The van der Waals surface area contributed by atoms with Crippen molar-refractivity contribution >= 4 is 35.2 Å². The fourth-order valence-corrected chi connectivity index (χ4v) is 1.87. The Kier molecular flexibility index (Phi) is 5.87. The van der Waals surface area contributed by atoms with Gasteiger partial charge in [-0.15, -0.1) is 0 Å². The van der Waals surface area contributed by atoms with Crippen molar-refractivity contribution in [1.29, 1.82) is 0 Å². The van der Waals surface area contributed by atoms with E-state index in [1.807, 2.05) is 0 Å². The highest BCUT2D eigenvalue weighted by Gasteiger charge is 2.31. The van der Waals surface area contributed by atoms with Gasteiger partial charge in [0.25, 0.3) is 5.91 Å². The molecule has 0 aliphatic carbocycles. The van der Waals surface area contributed by atoms with Gasteiger partial charge >= 0.3 is 12.1 Å². The molecule has 1 N–H and O–H groups in total. The Labute approximate surface area is 145 Å². The Balaban J connectivity index is 1.91. The molecule has 0 aliphatic rings. The summed E-state index contributed by atoms with van der Waals surface area (Å²) in [6.45, 7) is -0.687. The molecule has 0 aliphatic heterocycles. The molecule has 132 valence electrons. The van der Waals surface area contributed by atoms with E-state index in [1.165, 1.54) is 12.3 Å². The Morgan fingerprint density at radius 3 is 2.68 bits per heavy atom. The zero-order valence-electron chi connectivity index (χ0n) is 12.5. The van der Waals surface area contributed by atoms with Gasteiger partial charge in [0.05, 0.1) is 22.5 Å². The summed E-state index contributed by atoms with van der Waals surface area (Å²) in [5.41, 5.74) is -1.20. The average molecular weight is 374 g/mol. The molecule has 5 nitrogen and oxygen atoms in total. The van der Waals surface area contributed by atoms with Gasteiger partial charge in [0.1, 0.15) is 5.76 Å². The molecule has 0 saturated carbocycles. The number of benzene rings is 1. The molecule has 1 aromatic carbocycles. The standard InChI is InChI=1S/C16H11ClF3NO4/c17-12-5-3-10(16(18,19)20)8-13(12)21-14(22)9-25-15(23)6-4-11-2-1-7-24-11/h1-8H,9H2,(H,21,22)/b6-4+. The van der Waals surface area contributed by atoms with Gasteiger partial charge in [-0.2, -0.15) is 13.2 Å². The van der Waals surface area contributed by atoms with Gasteiger partial charge in [0.2, 0.25) is 0 Å². The van der Waals surface area contributed by atoms with Crippen LogP contribution in [0.5, 0.6) is 0 Å². The van der Waals surface area contributed by atoms with E-state index in [4.69, 9.17) is 16.0 Å². The highest BCUT2D eigenvalue weighted by Crippen LogP contribution is 2.33. The molecule has 9 heteroatoms. The minimum absolute atomic E-state index is 0.0783. The van der Waals surface area contributed by atoms with Crippen molar-refractivity contribution in [3.05, 3.63) is 59.0 Å². The number of carbonyl (C=O) groups is 2. The number of alkyl halides is 3. The molecule has 0 spiro atoms. The molecule has 0 unspecified atom stereocenters. The highest BCUT2D eigenvalue weighted by molar-refractivity contribution is 6.33. The smallest absolute Gasteiger partial charge is 0.416 e. The van der Waals surface area contributed by atoms with Gasteiger partial charge in [-0.25, -0.2) is 4.79 Å². The van der Waals surface area contributed by atoms with Crippen LogP contribution in [0.25, 0.3) is 6.08 Å². The maximum Gasteiger partial charge on any atom is 0.416 e. The number of halogens is 4. The summed E-state index contributed by atoms with van der Waals surface area (Å²) in [6.07, 6.45) is -0.780. The molecule has 2 rings (SSSR count). The molecule has 0 radical (unpaired) electrons. The van der Waals surface area contributed by atoms with E-state index in [1.54, 1.807) is 12.1 Å². The number of furan rings is 1. The predicted molar refractivity (Wildman–Crippen MR) is 83.8 cm³/mol. The minimum Gasteiger partial charge on any atom is -0.465 e. The van der Waals surface area contributed by atoms with E-state index in [-0.39, 0.29) is 10.7 Å². The normalized spacial score (nSPS) is 11.5. The van der Waals surface area contributed by atoms with Gasteiger partial charge in [-0.05, 0) is 36.4 Å². The van der Waals surface area contributed by atoms with Crippen molar-refractivity contribution in [3.8, 4) is 0 Å². The second-order valence-corrected chi connectivity index (χ2v) is 5.10. The van der Waals surface area contributed by atoms with Gasteiger partial charge in [-0.3, -0.25) is 4.79 Å². The van der Waals surface area contributed by atoms with E-state index in [9.17, 15) is 22.8 Å². The van der Waals surface area contributed by atoms with Crippen LogP contribution in [0.3, 0.4) is 0 Å². The Hall–Kier alpha value is -2.74. The molecule has 2 aromatic rings. The Morgan fingerprint density at radius 2 is 2.04 bits per heavy atom. The number of hydrogen-bond acceptors (Lipinski definition) is 4. The van der Waals surface area contributed by atoms with Gasteiger partial charge in [0.15, 0.2) is 6.61 Å². The molecular weight excluding hydrogens is 363 g/mol. The summed E-state index contributed by atoms with van der Waals surface area (Å²) in [7, 11) is 0. The molecule has 0 bridgehead atoms. The first-order chi connectivity index (χ1) is 11.8. The van der Waals surface area contributed by atoms with Crippen LogP contribution in [0.1, 0.15) is 11.3 Å². The number of anilines is 1. The zero-order chi connectivity index (χ0) is 18.4. The molecule has 1 amide bonds. The van der Waals surface area contributed by atoms with Crippen LogP contribution < -0.4 is 5.32 Å². The number of hydrogen-bond donors (Lipinski definition) is 1. The average Bonchev–Trinajstić information content (AvgIpc) is 3.05. The van der Waals surface area contributed by atoms with Gasteiger partial charge in [0, 0.05) is 6.08 Å². The lowest BCUT2D eigenvalue weighted by molar-refractivity contribution is -0.142. The maximum absolute atomic E-state index is 12.7. The summed E-state index contributed by atoms with van der Waals surface area (Å²) in [5.74, 6) is -1.24. The first kappa shape index (κ1) is 18.6. The lowest BCUT2D eigenvalue weighted by atomic mass is 10.2. The summed E-state index contributed by atoms with van der Waals surface area (Å²) < 4.78 is 47.6. The highest BCUT2D eigenvalue weighted by atomic mass is 35.5. The van der Waals surface area contributed by atoms with E-state index >= 15 is 0 Å². The first-order valence-corrected chi connectivity index (χ1v) is 7.18. The van der Waals surface area contributed by atoms with Crippen LogP contribution >= 0.6 is 11.6 Å². The fraction of sp³-hybridized carbons (Fsp3) is 0.125. The van der Waals surface area contributed by atoms with E-state index in [0.717, 1.165) is 18.2 Å². The fourth-order valence-electron chi connectivity index (χ4n) is 1.70. The SMILES string of the molecule is O=C(COC(=O)/C=C/c1ccco1)Nc1cc(C(F)(F)F)ccc1Cl. The maximum atomic E-state index is 12.7. The third-order valence-corrected chi connectivity index (χ3v) is 3.17. The Bertz CT molecular complexity index is 785. The van der Waals surface area contributed by atoms with E-state index in [0.29, 0.717) is 11.8 Å². The number of amides is 1. The van der Waals surface area contributed by atoms with Crippen molar-refractivity contribution in [2.45, 2.75) is 6.18 Å². The Morgan fingerprint density at radius 1 is 1.28 bits per heavy atom. The number of esters is 1. The second-order valence-electron chi connectivity index (χ2n) is 4.70. The minimum atomic E-state index is -4.58. The quantitative estimate of drug-likeness (QED) is 0.631. The number of ether oxygens (including phenoxy) is 1. The number of carbonyl (C=O) groups excluding carboxylic acids is 2. The van der Waals surface area contributed by atoms with Crippen molar-refractivity contribution in [1.82, 2.24) is 0 Å². The molecular formula is C16H11ClF3NO4. The molecule has 0 atom stereocenters. The summed E-state index contributed by atoms with van der Waals surface area (Å²) in [4.78, 5) is 23.1. The second kappa shape index (κ2) is 7.89. The summed E-state index contributed by atoms with van der Waals surface area (Å²) in [6, 6.07) is 5.72. The van der Waals surface area contributed by atoms with Crippen LogP contribution in [-0.4, -0.2) is 18.5 Å². The molecule has 1 aromatic heterocycles. The van der Waals surface area contributed by atoms with Crippen LogP contribution in [0.2, 0.25) is 5.02 Å². The lowest BCUT2D eigenvalue weighted by Gasteiger charge is -2.11. The van der Waals surface area contributed by atoms with Crippen LogP contribution in [0.15, 0.2) is 47.1 Å². The monoisotopic (exact) mass is 373 g/mol. The zero-order valence-corrected chi connectivity index (χ0v) is 13.2. The van der Waals surface area contributed by atoms with Crippen molar-refractivity contribution in [2.24, 2.45) is 0 Å². The topological polar surface area (TPSA) is 68.5 Å². The third kappa shape index (κ3) is 5.68. The van der Waals surface area contributed by atoms with Crippen LogP contribution in [0, 0.1) is 0 Å². The molecule has 1 heterocycles.